The third-order valence-electron chi connectivity index (χ3n) is 1.89. The van der Waals surface area contributed by atoms with Crippen LogP contribution in [0.2, 0.25) is 0 Å². The van der Waals surface area contributed by atoms with E-state index in [4.69, 9.17) is 29.4 Å². The number of unbranched alkanes of at least 4 members (excludes halogenated alkanes) is 3. The van der Waals surface area contributed by atoms with Gasteiger partial charge in [0.15, 0.2) is 0 Å². The zero-order valence-electron chi connectivity index (χ0n) is 14.9. The van der Waals surface area contributed by atoms with Crippen molar-refractivity contribution in [1.82, 2.24) is 0 Å². The molecule has 11 heteroatoms. The SMILES string of the molecule is CCCC.CCCCCC(C)C.OP(O)(O)=S.OP(O)(O)=S.[Zn]. The summed E-state index contributed by atoms with van der Waals surface area (Å²) in [6, 6.07) is 0. The molecule has 0 aromatic rings. The Morgan fingerprint density at radius 1 is 0.696 bits per heavy atom. The first-order valence-corrected chi connectivity index (χ1v) is 12.6. The van der Waals surface area contributed by atoms with Crippen molar-refractivity contribution < 1.29 is 48.8 Å². The van der Waals surface area contributed by atoms with Crippen LogP contribution in [0.4, 0.5) is 0 Å². The monoisotopic (exact) mass is 464 g/mol. The molecule has 23 heavy (non-hydrogen) atoms. The van der Waals surface area contributed by atoms with Gasteiger partial charge in [0.25, 0.3) is 0 Å². The van der Waals surface area contributed by atoms with Crippen molar-refractivity contribution in [3.05, 3.63) is 0 Å². The molecule has 6 nitrogen and oxygen atoms in total. The summed E-state index contributed by atoms with van der Waals surface area (Å²) in [7, 11) is 0. The van der Waals surface area contributed by atoms with E-state index in [9.17, 15) is 0 Å². The zero-order valence-corrected chi connectivity index (χ0v) is 21.3. The summed E-state index contributed by atoms with van der Waals surface area (Å²) < 4.78 is 0. The Morgan fingerprint density at radius 3 is 1.09 bits per heavy atom. The Kier molecular flexibility index (Phi) is 36.8. The first kappa shape index (κ1) is 35.7. The van der Waals surface area contributed by atoms with Crippen LogP contribution < -0.4 is 0 Å². The largest absolute Gasteiger partial charge is 0.325 e. The molecule has 142 valence electrons. The van der Waals surface area contributed by atoms with Crippen molar-refractivity contribution in [2.24, 2.45) is 5.92 Å². The molecule has 0 amide bonds. The van der Waals surface area contributed by atoms with Gasteiger partial charge in [-0.1, -0.05) is 73.1 Å². The molecule has 0 aliphatic heterocycles. The van der Waals surface area contributed by atoms with Gasteiger partial charge in [0.2, 0.25) is 0 Å². The minimum atomic E-state index is -3.81. The molecule has 0 fully saturated rings. The minimum absolute atomic E-state index is 0. The Bertz CT molecular complexity index is 259. The van der Waals surface area contributed by atoms with Crippen molar-refractivity contribution in [1.29, 1.82) is 0 Å². The van der Waals surface area contributed by atoms with Gasteiger partial charge in [-0.05, 0) is 29.5 Å². The fourth-order valence-electron chi connectivity index (χ4n) is 0.803. The Hall–Kier alpha value is 1.68. The van der Waals surface area contributed by atoms with Crippen molar-refractivity contribution in [2.75, 3.05) is 0 Å². The van der Waals surface area contributed by atoms with Crippen LogP contribution in [0.25, 0.3) is 0 Å². The van der Waals surface area contributed by atoms with E-state index >= 15 is 0 Å². The average molecular weight is 466 g/mol. The molecule has 0 aliphatic carbocycles. The van der Waals surface area contributed by atoms with Gasteiger partial charge < -0.3 is 29.4 Å². The van der Waals surface area contributed by atoms with Crippen LogP contribution in [0, 0.1) is 5.92 Å². The quantitative estimate of drug-likeness (QED) is 0.207. The maximum absolute atomic E-state index is 7.56. The third-order valence-corrected chi connectivity index (χ3v) is 1.89. The maximum atomic E-state index is 7.56. The van der Waals surface area contributed by atoms with Gasteiger partial charge in [0.1, 0.15) is 0 Å². The summed E-state index contributed by atoms with van der Waals surface area (Å²) in [5.41, 5.74) is 0. The van der Waals surface area contributed by atoms with Crippen LogP contribution in [0.5, 0.6) is 0 Å². The molecule has 6 N–H and O–H groups in total. The molecule has 0 radical (unpaired) electrons. The van der Waals surface area contributed by atoms with Crippen molar-refractivity contribution in [2.45, 2.75) is 73.1 Å². The van der Waals surface area contributed by atoms with E-state index in [1.54, 1.807) is 0 Å². The van der Waals surface area contributed by atoms with E-state index in [1.165, 1.54) is 38.5 Å². The van der Waals surface area contributed by atoms with Crippen LogP contribution in [-0.4, -0.2) is 29.4 Å². The molecular formula is C12H34O6P2S2Zn. The molecule has 0 saturated carbocycles. The Labute approximate surface area is 164 Å². The molecule has 0 aliphatic rings. The maximum Gasteiger partial charge on any atom is 0.319 e. The van der Waals surface area contributed by atoms with Crippen molar-refractivity contribution >= 4 is 37.1 Å². The molecule has 0 aromatic carbocycles. The van der Waals surface area contributed by atoms with Gasteiger partial charge in [0, 0.05) is 19.5 Å². The minimum Gasteiger partial charge on any atom is -0.325 e. The second-order valence-electron chi connectivity index (χ2n) is 4.92. The second kappa shape index (κ2) is 23.7. The second-order valence-corrected chi connectivity index (χ2v) is 9.91. The molecule has 0 bridgehead atoms. The van der Waals surface area contributed by atoms with Crippen LogP contribution >= 0.6 is 13.4 Å². The summed E-state index contributed by atoms with van der Waals surface area (Å²) >= 11 is 7.21. The molecule has 0 unspecified atom stereocenters. The Morgan fingerprint density at radius 2 is 0.957 bits per heavy atom. The van der Waals surface area contributed by atoms with Crippen LogP contribution in [0.3, 0.4) is 0 Å². The predicted octanol–water partition coefficient (Wildman–Crippen LogP) is 3.40. The molecule has 0 rings (SSSR count). The first-order chi connectivity index (χ1) is 9.68. The summed E-state index contributed by atoms with van der Waals surface area (Å²) in [6.45, 7) is 3.58. The van der Waals surface area contributed by atoms with Crippen molar-refractivity contribution in [3.63, 3.8) is 0 Å². The molecule has 0 saturated heterocycles. The topological polar surface area (TPSA) is 121 Å². The van der Waals surface area contributed by atoms with E-state index in [0.717, 1.165) is 5.92 Å². The Balaban J connectivity index is -0.0000000641. The third kappa shape index (κ3) is 189. The van der Waals surface area contributed by atoms with Gasteiger partial charge in [-0.25, -0.2) is 0 Å². The number of hydrogen-bond donors (Lipinski definition) is 6. The van der Waals surface area contributed by atoms with Crippen LogP contribution in [0.1, 0.15) is 73.1 Å². The van der Waals surface area contributed by atoms with Gasteiger partial charge in [-0.15, -0.1) is 0 Å². The molecule has 0 heterocycles. The van der Waals surface area contributed by atoms with E-state index in [-0.39, 0.29) is 19.5 Å². The fourth-order valence-corrected chi connectivity index (χ4v) is 0.803. The summed E-state index contributed by atoms with van der Waals surface area (Å²) in [5, 5.41) is 0. The van der Waals surface area contributed by atoms with Crippen LogP contribution in [0.15, 0.2) is 0 Å². The standard InChI is InChI=1S/C8H18.C4H10.2H3O3PS.Zn/c1-4-5-6-7-8(2)3;1-3-4-2;2*1-4(2,3)5;/h8H,4-7H2,1-3H3;3-4H2,1-2H3;2*(H3,1,2,3,5);. The summed E-state index contributed by atoms with van der Waals surface area (Å²) in [5.74, 6) is 0.904. The van der Waals surface area contributed by atoms with E-state index < -0.39 is 13.4 Å². The summed E-state index contributed by atoms with van der Waals surface area (Å²) in [4.78, 5) is 45.3. The molecular weight excluding hydrogens is 432 g/mol. The molecule has 0 spiro atoms. The fraction of sp³-hybridized carbons (Fsp3) is 1.00. The van der Waals surface area contributed by atoms with Crippen LogP contribution in [-0.2, 0) is 43.1 Å². The summed E-state index contributed by atoms with van der Waals surface area (Å²) in [6.07, 6.45) is 8.24. The smallest absolute Gasteiger partial charge is 0.319 e. The number of hydrogen-bond acceptors (Lipinski definition) is 2. The number of rotatable bonds is 5. The van der Waals surface area contributed by atoms with E-state index in [1.807, 2.05) is 0 Å². The van der Waals surface area contributed by atoms with E-state index in [2.05, 4.69) is 58.2 Å². The first-order valence-electron chi connectivity index (χ1n) is 7.25. The van der Waals surface area contributed by atoms with E-state index in [0.29, 0.717) is 0 Å². The van der Waals surface area contributed by atoms with Gasteiger partial charge in [-0.2, -0.15) is 0 Å². The van der Waals surface area contributed by atoms with Gasteiger partial charge in [0.05, 0.1) is 0 Å². The normalized spacial score (nSPS) is 10.1. The van der Waals surface area contributed by atoms with Gasteiger partial charge in [-0.3, -0.25) is 0 Å². The van der Waals surface area contributed by atoms with Crippen molar-refractivity contribution in [3.8, 4) is 0 Å². The predicted molar refractivity (Wildman–Crippen MR) is 101 cm³/mol. The zero-order chi connectivity index (χ0) is 18.8. The molecule has 0 aromatic heterocycles. The van der Waals surface area contributed by atoms with Gasteiger partial charge >= 0.3 is 13.4 Å². The average Bonchev–Trinajstić information content (AvgIpc) is 2.25. The molecule has 0 atom stereocenters.